The van der Waals surface area contributed by atoms with Crippen molar-refractivity contribution in [2.24, 2.45) is 0 Å². The summed E-state index contributed by atoms with van der Waals surface area (Å²) in [6, 6.07) is 12.2. The monoisotopic (exact) mass is 538 g/mol. The van der Waals surface area contributed by atoms with Gasteiger partial charge in [-0.05, 0) is 62.7 Å². The van der Waals surface area contributed by atoms with E-state index in [0.29, 0.717) is 6.54 Å². The van der Waals surface area contributed by atoms with Crippen LogP contribution in [0.1, 0.15) is 36.9 Å². The number of likely N-dealkylation sites (tertiary alicyclic amines) is 1. The van der Waals surface area contributed by atoms with Crippen molar-refractivity contribution in [1.29, 1.82) is 0 Å². The normalized spacial score (nSPS) is 14.8. The largest absolute Gasteiger partial charge is 0.420 e. The Labute approximate surface area is 218 Å². The maximum Gasteiger partial charge on any atom is 0.420 e. The summed E-state index contributed by atoms with van der Waals surface area (Å²) in [4.78, 5) is 17.7. The van der Waals surface area contributed by atoms with Gasteiger partial charge in [-0.15, -0.1) is 0 Å². The maximum absolute atomic E-state index is 15.1. The molecule has 5 rings (SSSR count). The molecule has 3 heterocycles. The number of pyridine rings is 1. The van der Waals surface area contributed by atoms with Crippen molar-refractivity contribution in [2.75, 3.05) is 24.4 Å². The minimum Gasteiger partial charge on any atom is -0.408 e. The molecule has 1 aliphatic heterocycles. The number of benzene rings is 2. The zero-order valence-electron chi connectivity index (χ0n) is 20.4. The fourth-order valence-corrected chi connectivity index (χ4v) is 5.56. The number of halogens is 2. The lowest BCUT2D eigenvalue weighted by atomic mass is 10.0. The molecule has 1 aliphatic rings. The third-order valence-electron chi connectivity index (χ3n) is 6.40. The molecule has 2 aromatic heterocycles. The second-order valence-corrected chi connectivity index (χ2v) is 10.7. The quantitative estimate of drug-likeness (QED) is 0.293. The van der Waals surface area contributed by atoms with Crippen molar-refractivity contribution < 1.29 is 21.6 Å². The van der Waals surface area contributed by atoms with Crippen LogP contribution in [0.25, 0.3) is 11.1 Å². The Kier molecular flexibility index (Phi) is 7.01. The lowest BCUT2D eigenvalue weighted by molar-refractivity contribution is 0.383. The van der Waals surface area contributed by atoms with Crippen molar-refractivity contribution in [3.8, 4) is 11.8 Å². The number of rotatable bonds is 6. The third kappa shape index (κ3) is 5.32. The number of sulfonamides is 1. The van der Waals surface area contributed by atoms with Crippen molar-refractivity contribution in [3.63, 3.8) is 0 Å². The van der Waals surface area contributed by atoms with E-state index < -0.39 is 38.5 Å². The molecule has 1 atom stereocenters. The molecule has 0 spiro atoms. The van der Waals surface area contributed by atoms with Gasteiger partial charge in [-0.2, -0.15) is 4.39 Å². The first kappa shape index (κ1) is 25.6. The Hall–Kier alpha value is -4.01. The molecule has 0 unspecified atom stereocenters. The molecule has 11 heteroatoms. The summed E-state index contributed by atoms with van der Waals surface area (Å²) in [5.74, 6) is 3.24. The lowest BCUT2D eigenvalue weighted by Gasteiger charge is -2.14. The number of anilines is 1. The van der Waals surface area contributed by atoms with Crippen LogP contribution in [0.3, 0.4) is 0 Å². The van der Waals surface area contributed by atoms with Crippen LogP contribution in [0.15, 0.2) is 68.7 Å². The molecule has 8 nitrogen and oxygen atoms in total. The van der Waals surface area contributed by atoms with Crippen molar-refractivity contribution in [2.45, 2.75) is 30.7 Å². The summed E-state index contributed by atoms with van der Waals surface area (Å²) in [5, 5.41) is 0. The van der Waals surface area contributed by atoms with Gasteiger partial charge in [0.2, 0.25) is 5.95 Å². The molecule has 38 heavy (non-hydrogen) atoms. The smallest absolute Gasteiger partial charge is 0.408 e. The van der Waals surface area contributed by atoms with E-state index in [1.807, 2.05) is 29.0 Å². The predicted octanol–water partition coefficient (Wildman–Crippen LogP) is 4.13. The number of nitrogens with zero attached hydrogens (tertiary/aromatic N) is 3. The highest BCUT2D eigenvalue weighted by Gasteiger charge is 2.25. The standard InChI is InChI=1S/C27H24F2N4O4S/c1-18(20-9-4-7-19(15-20)8-6-14-32-12-2-3-13-32)33-22-16-21(28)24(17-23(22)37-27(33)34)38(35,36)31-26-11-5-10-25(29)30-26/h4-5,7,9-11,15-18H,2-3,12-14H2,1H3,(H,30,31)/t18-/m1/s1. The number of oxazole rings is 1. The molecular weight excluding hydrogens is 514 g/mol. The van der Waals surface area contributed by atoms with Crippen LogP contribution in [0, 0.1) is 23.6 Å². The van der Waals surface area contributed by atoms with E-state index in [-0.39, 0.29) is 16.9 Å². The molecule has 4 aromatic rings. The number of fused-ring (bicyclic) bond motifs is 1. The minimum absolute atomic E-state index is 0.0911. The SMILES string of the molecule is C[C@H](c1cccc(C#CCN2CCCC2)c1)n1c(=O)oc2cc(S(=O)(=O)Nc3cccc(F)n3)c(F)cc21. The summed E-state index contributed by atoms with van der Waals surface area (Å²) >= 11 is 0. The van der Waals surface area contributed by atoms with Gasteiger partial charge >= 0.3 is 5.76 Å². The van der Waals surface area contributed by atoms with E-state index in [0.717, 1.165) is 42.4 Å². The van der Waals surface area contributed by atoms with Crippen molar-refractivity contribution in [1.82, 2.24) is 14.5 Å². The molecule has 1 fully saturated rings. The highest BCUT2D eigenvalue weighted by molar-refractivity contribution is 7.92. The van der Waals surface area contributed by atoms with Crippen LogP contribution in [0.2, 0.25) is 0 Å². The third-order valence-corrected chi connectivity index (χ3v) is 7.77. The Morgan fingerprint density at radius 3 is 2.63 bits per heavy atom. The van der Waals surface area contributed by atoms with E-state index in [1.54, 1.807) is 6.92 Å². The molecule has 1 saturated heterocycles. The summed E-state index contributed by atoms with van der Waals surface area (Å²) in [6.45, 7) is 4.56. The predicted molar refractivity (Wildman–Crippen MR) is 138 cm³/mol. The van der Waals surface area contributed by atoms with Gasteiger partial charge in [0.1, 0.15) is 16.5 Å². The van der Waals surface area contributed by atoms with Crippen LogP contribution in [0.4, 0.5) is 14.6 Å². The van der Waals surface area contributed by atoms with Gasteiger partial charge in [0.05, 0.1) is 18.1 Å². The topological polar surface area (TPSA) is 97.4 Å². The fourth-order valence-electron chi connectivity index (χ4n) is 4.49. The number of aromatic nitrogens is 2. The van der Waals surface area contributed by atoms with Gasteiger partial charge in [-0.25, -0.2) is 22.6 Å². The van der Waals surface area contributed by atoms with Gasteiger partial charge in [-0.1, -0.05) is 30.0 Å². The second kappa shape index (κ2) is 10.4. The zero-order valence-corrected chi connectivity index (χ0v) is 21.3. The Morgan fingerprint density at radius 2 is 1.87 bits per heavy atom. The van der Waals surface area contributed by atoms with Crippen LogP contribution < -0.4 is 10.5 Å². The first-order chi connectivity index (χ1) is 18.2. The molecule has 0 saturated carbocycles. The number of hydrogen-bond acceptors (Lipinski definition) is 6. The van der Waals surface area contributed by atoms with E-state index in [1.165, 1.54) is 29.5 Å². The highest BCUT2D eigenvalue weighted by atomic mass is 32.2. The Bertz CT molecular complexity index is 1730. The van der Waals surface area contributed by atoms with E-state index in [9.17, 15) is 17.6 Å². The van der Waals surface area contributed by atoms with E-state index in [4.69, 9.17) is 4.42 Å². The molecule has 0 aliphatic carbocycles. The average Bonchev–Trinajstić information content (AvgIpc) is 3.50. The average molecular weight is 539 g/mol. The zero-order chi connectivity index (χ0) is 26.9. The first-order valence-corrected chi connectivity index (χ1v) is 13.5. The molecular formula is C27H24F2N4O4S. The van der Waals surface area contributed by atoms with E-state index >= 15 is 4.39 Å². The van der Waals surface area contributed by atoms with Crippen LogP contribution in [-0.2, 0) is 10.0 Å². The van der Waals surface area contributed by atoms with Crippen molar-refractivity contribution >= 4 is 26.9 Å². The van der Waals surface area contributed by atoms with Crippen LogP contribution in [-0.4, -0.2) is 42.5 Å². The van der Waals surface area contributed by atoms with Crippen molar-refractivity contribution in [3.05, 3.63) is 88.0 Å². The van der Waals surface area contributed by atoms with E-state index in [2.05, 4.69) is 21.7 Å². The van der Waals surface area contributed by atoms with Gasteiger partial charge in [-0.3, -0.25) is 14.2 Å². The summed E-state index contributed by atoms with van der Waals surface area (Å²) in [7, 11) is -4.49. The summed E-state index contributed by atoms with van der Waals surface area (Å²) in [5.41, 5.74) is 1.51. The second-order valence-electron chi connectivity index (χ2n) is 9.03. The van der Waals surface area contributed by atoms with Gasteiger partial charge in [0.15, 0.2) is 5.58 Å². The fraction of sp³-hybridized carbons (Fsp3) is 0.259. The van der Waals surface area contributed by atoms with Gasteiger partial charge < -0.3 is 4.42 Å². The minimum atomic E-state index is -4.49. The Morgan fingerprint density at radius 1 is 1.11 bits per heavy atom. The highest BCUT2D eigenvalue weighted by Crippen LogP contribution is 2.28. The molecule has 0 radical (unpaired) electrons. The number of nitrogens with one attached hydrogen (secondary N) is 1. The van der Waals surface area contributed by atoms with Gasteiger partial charge in [0.25, 0.3) is 10.0 Å². The molecule has 196 valence electrons. The van der Waals surface area contributed by atoms with Crippen LogP contribution >= 0.6 is 0 Å². The lowest BCUT2D eigenvalue weighted by Crippen LogP contribution is -2.19. The van der Waals surface area contributed by atoms with Gasteiger partial charge in [0, 0.05) is 17.7 Å². The van der Waals surface area contributed by atoms with Crippen LogP contribution in [0.5, 0.6) is 0 Å². The molecule has 0 bridgehead atoms. The molecule has 0 amide bonds. The summed E-state index contributed by atoms with van der Waals surface area (Å²) in [6.07, 6.45) is 2.38. The number of hydrogen-bond donors (Lipinski definition) is 1. The molecule has 1 N–H and O–H groups in total. The first-order valence-electron chi connectivity index (χ1n) is 12.0. The summed E-state index contributed by atoms with van der Waals surface area (Å²) < 4.78 is 62.6. The maximum atomic E-state index is 15.1. The molecule has 2 aromatic carbocycles. The Balaban J connectivity index is 1.44.